The zero-order valence-electron chi connectivity index (χ0n) is 9.33. The minimum Gasteiger partial charge on any atom is -0.309 e. The highest BCUT2D eigenvalue weighted by molar-refractivity contribution is 5.85. The lowest BCUT2D eigenvalue weighted by atomic mass is 9.74. The predicted molar refractivity (Wildman–Crippen MR) is 57.1 cm³/mol. The summed E-state index contributed by atoms with van der Waals surface area (Å²) in [5.74, 6) is 2.10. The molecule has 14 heavy (non-hydrogen) atoms. The number of Topliss-reactive ketones (excluding diaryl/α,β-unsaturated/α-hetero) is 1. The van der Waals surface area contributed by atoms with Gasteiger partial charge >= 0.3 is 0 Å². The van der Waals surface area contributed by atoms with Gasteiger partial charge in [0, 0.05) is 18.4 Å². The normalized spacial score (nSPS) is 37.6. The monoisotopic (exact) mass is 195 g/mol. The van der Waals surface area contributed by atoms with Crippen molar-refractivity contribution >= 4 is 5.78 Å². The maximum absolute atomic E-state index is 12.1. The fourth-order valence-corrected chi connectivity index (χ4v) is 3.24. The molecule has 0 saturated heterocycles. The molecule has 0 bridgehead atoms. The van der Waals surface area contributed by atoms with Crippen molar-refractivity contribution in [2.75, 3.05) is 20.6 Å². The maximum atomic E-state index is 12.1. The molecule has 2 aliphatic carbocycles. The Bertz CT molecular complexity index is 224. The quantitative estimate of drug-likeness (QED) is 0.671. The van der Waals surface area contributed by atoms with Crippen molar-refractivity contribution in [2.24, 2.45) is 17.8 Å². The fourth-order valence-electron chi connectivity index (χ4n) is 3.24. The van der Waals surface area contributed by atoms with Crippen molar-refractivity contribution < 1.29 is 4.79 Å². The number of fused-ring (bicyclic) bond motifs is 1. The van der Waals surface area contributed by atoms with E-state index < -0.39 is 0 Å². The van der Waals surface area contributed by atoms with Gasteiger partial charge in [0.25, 0.3) is 0 Å². The van der Waals surface area contributed by atoms with Crippen molar-refractivity contribution in [3.8, 4) is 0 Å². The number of nitrogens with zero attached hydrogens (tertiary/aromatic N) is 1. The molecular weight excluding hydrogens is 174 g/mol. The molecule has 0 spiro atoms. The van der Waals surface area contributed by atoms with Gasteiger partial charge < -0.3 is 4.90 Å². The number of carbonyl (C=O) groups is 1. The zero-order chi connectivity index (χ0) is 10.1. The van der Waals surface area contributed by atoms with Crippen LogP contribution >= 0.6 is 0 Å². The third-order valence-electron chi connectivity index (χ3n) is 3.90. The van der Waals surface area contributed by atoms with Gasteiger partial charge in [0.1, 0.15) is 5.78 Å². The van der Waals surface area contributed by atoms with Crippen LogP contribution in [0.3, 0.4) is 0 Å². The van der Waals surface area contributed by atoms with Gasteiger partial charge in [0.05, 0.1) is 0 Å². The topological polar surface area (TPSA) is 20.3 Å². The number of ketones is 1. The number of hydrogen-bond acceptors (Lipinski definition) is 2. The highest BCUT2D eigenvalue weighted by Gasteiger charge is 2.40. The van der Waals surface area contributed by atoms with E-state index >= 15 is 0 Å². The first-order valence-corrected chi connectivity index (χ1v) is 5.87. The predicted octanol–water partition coefficient (Wildman–Crippen LogP) is 1.94. The van der Waals surface area contributed by atoms with Crippen LogP contribution in [0.15, 0.2) is 0 Å². The van der Waals surface area contributed by atoms with Gasteiger partial charge in [-0.1, -0.05) is 6.42 Å². The molecule has 2 fully saturated rings. The molecule has 3 unspecified atom stereocenters. The minimum absolute atomic E-state index is 0.337. The third kappa shape index (κ3) is 1.85. The lowest BCUT2D eigenvalue weighted by molar-refractivity contribution is -0.131. The second-order valence-corrected chi connectivity index (χ2v) is 5.24. The van der Waals surface area contributed by atoms with Gasteiger partial charge in [0.15, 0.2) is 0 Å². The van der Waals surface area contributed by atoms with E-state index in [0.29, 0.717) is 17.6 Å². The zero-order valence-corrected chi connectivity index (χ0v) is 9.33. The van der Waals surface area contributed by atoms with Crippen LogP contribution in [0.4, 0.5) is 0 Å². The van der Waals surface area contributed by atoms with E-state index in [1.54, 1.807) is 0 Å². The number of rotatable bonds is 2. The molecule has 0 aromatic rings. The molecule has 2 heteroatoms. The summed E-state index contributed by atoms with van der Waals surface area (Å²) in [4.78, 5) is 14.3. The fraction of sp³-hybridized carbons (Fsp3) is 0.917. The van der Waals surface area contributed by atoms with Gasteiger partial charge in [-0.25, -0.2) is 0 Å². The summed E-state index contributed by atoms with van der Waals surface area (Å²) >= 11 is 0. The van der Waals surface area contributed by atoms with Crippen molar-refractivity contribution in [2.45, 2.75) is 32.1 Å². The molecule has 0 aromatic heterocycles. The van der Waals surface area contributed by atoms with Crippen molar-refractivity contribution in [3.63, 3.8) is 0 Å². The lowest BCUT2D eigenvalue weighted by Gasteiger charge is -2.31. The highest BCUT2D eigenvalue weighted by atomic mass is 16.1. The average molecular weight is 195 g/mol. The second-order valence-electron chi connectivity index (χ2n) is 5.24. The Morgan fingerprint density at radius 1 is 1.21 bits per heavy atom. The molecule has 2 saturated carbocycles. The third-order valence-corrected chi connectivity index (χ3v) is 3.90. The van der Waals surface area contributed by atoms with Gasteiger partial charge in [-0.15, -0.1) is 0 Å². The Morgan fingerprint density at radius 3 is 2.71 bits per heavy atom. The van der Waals surface area contributed by atoms with Crippen LogP contribution in [0.1, 0.15) is 32.1 Å². The van der Waals surface area contributed by atoms with Gasteiger partial charge in [-0.2, -0.15) is 0 Å². The molecule has 0 aliphatic heterocycles. The first-order chi connectivity index (χ1) is 6.68. The molecule has 0 N–H and O–H groups in total. The standard InChI is InChI=1S/C12H21NO/c1-13(2)8-10-7-6-9-4-3-5-11(9)12(10)14/h9-11H,3-8H2,1-2H3. The van der Waals surface area contributed by atoms with E-state index in [1.165, 1.54) is 25.7 Å². The van der Waals surface area contributed by atoms with E-state index in [2.05, 4.69) is 19.0 Å². The Morgan fingerprint density at radius 2 is 2.00 bits per heavy atom. The van der Waals surface area contributed by atoms with Crippen molar-refractivity contribution in [1.29, 1.82) is 0 Å². The molecular formula is C12H21NO. The summed E-state index contributed by atoms with van der Waals surface area (Å²) in [6.45, 7) is 0.960. The highest BCUT2D eigenvalue weighted by Crippen LogP contribution is 2.42. The Hall–Kier alpha value is -0.370. The van der Waals surface area contributed by atoms with E-state index in [1.807, 2.05) is 0 Å². The molecule has 2 rings (SSSR count). The molecule has 2 nitrogen and oxygen atoms in total. The summed E-state index contributed by atoms with van der Waals surface area (Å²) in [6.07, 6.45) is 6.21. The Labute approximate surface area is 86.7 Å². The molecule has 80 valence electrons. The number of hydrogen-bond donors (Lipinski definition) is 0. The molecule has 0 amide bonds. The van der Waals surface area contributed by atoms with Crippen molar-refractivity contribution in [3.05, 3.63) is 0 Å². The van der Waals surface area contributed by atoms with Crippen LogP contribution in [-0.2, 0) is 4.79 Å². The first-order valence-electron chi connectivity index (χ1n) is 5.87. The van der Waals surface area contributed by atoms with Gasteiger partial charge in [0.2, 0.25) is 0 Å². The van der Waals surface area contributed by atoms with Crippen LogP contribution < -0.4 is 0 Å². The van der Waals surface area contributed by atoms with Crippen molar-refractivity contribution in [1.82, 2.24) is 4.90 Å². The summed E-state index contributed by atoms with van der Waals surface area (Å²) in [5, 5.41) is 0. The van der Waals surface area contributed by atoms with Crippen LogP contribution in [-0.4, -0.2) is 31.3 Å². The molecule has 0 heterocycles. The van der Waals surface area contributed by atoms with Gasteiger partial charge in [-0.3, -0.25) is 4.79 Å². The summed E-state index contributed by atoms with van der Waals surface area (Å²) in [7, 11) is 4.13. The van der Waals surface area contributed by atoms with E-state index in [4.69, 9.17) is 0 Å². The number of carbonyl (C=O) groups excluding carboxylic acids is 1. The van der Waals surface area contributed by atoms with Crippen LogP contribution in [0.2, 0.25) is 0 Å². The lowest BCUT2D eigenvalue weighted by Crippen LogP contribution is -2.37. The summed E-state index contributed by atoms with van der Waals surface area (Å²) < 4.78 is 0. The SMILES string of the molecule is CN(C)CC1CCC2CCCC2C1=O. The molecule has 0 radical (unpaired) electrons. The average Bonchev–Trinajstić information content (AvgIpc) is 2.57. The minimum atomic E-state index is 0.337. The molecule has 3 atom stereocenters. The molecule has 2 aliphatic rings. The largest absolute Gasteiger partial charge is 0.309 e. The van der Waals surface area contributed by atoms with E-state index in [-0.39, 0.29) is 0 Å². The van der Waals surface area contributed by atoms with Crippen LogP contribution in [0.25, 0.3) is 0 Å². The Kier molecular flexibility index (Phi) is 2.91. The summed E-state index contributed by atoms with van der Waals surface area (Å²) in [6, 6.07) is 0. The molecule has 0 aromatic carbocycles. The first kappa shape index (κ1) is 10.2. The smallest absolute Gasteiger partial charge is 0.140 e. The van der Waals surface area contributed by atoms with Crippen LogP contribution in [0.5, 0.6) is 0 Å². The van der Waals surface area contributed by atoms with Gasteiger partial charge in [-0.05, 0) is 45.7 Å². The second kappa shape index (κ2) is 4.01. The summed E-state index contributed by atoms with van der Waals surface area (Å²) in [5.41, 5.74) is 0. The Balaban J connectivity index is 1.98. The van der Waals surface area contributed by atoms with E-state index in [0.717, 1.165) is 18.9 Å². The van der Waals surface area contributed by atoms with Crippen LogP contribution in [0, 0.1) is 17.8 Å². The maximum Gasteiger partial charge on any atom is 0.140 e. The van der Waals surface area contributed by atoms with E-state index in [9.17, 15) is 4.79 Å².